The molecule has 2 heterocycles. The van der Waals surface area contributed by atoms with Crippen LogP contribution < -0.4 is 5.32 Å². The summed E-state index contributed by atoms with van der Waals surface area (Å²) >= 11 is 8.91. The molecule has 0 unspecified atom stereocenters. The van der Waals surface area contributed by atoms with Gasteiger partial charge in [0.05, 0.1) is 16.8 Å². The number of carbonyl (C=O) groups is 1. The summed E-state index contributed by atoms with van der Waals surface area (Å²) in [7, 11) is 0. The summed E-state index contributed by atoms with van der Waals surface area (Å²) in [6.45, 7) is 2.71. The molecule has 1 aromatic rings. The zero-order chi connectivity index (χ0) is 13.0. The number of rotatable bonds is 3. The maximum absolute atomic E-state index is 11.9. The zero-order valence-electron chi connectivity index (χ0n) is 9.72. The SMILES string of the molecule is C[C@@H](SC1=NCCS1)C(=O)Nc1ccc(Cl)cn1. The molecule has 96 valence electrons. The van der Waals surface area contributed by atoms with E-state index in [0.717, 1.165) is 16.7 Å². The summed E-state index contributed by atoms with van der Waals surface area (Å²) in [5.74, 6) is 1.44. The molecule has 0 aliphatic carbocycles. The lowest BCUT2D eigenvalue weighted by atomic mass is 10.4. The summed E-state index contributed by atoms with van der Waals surface area (Å²) < 4.78 is 0.988. The molecule has 7 heteroatoms. The Morgan fingerprint density at radius 3 is 3.06 bits per heavy atom. The molecule has 1 aliphatic heterocycles. The number of nitrogens with one attached hydrogen (secondary N) is 1. The Morgan fingerprint density at radius 2 is 2.44 bits per heavy atom. The van der Waals surface area contributed by atoms with Crippen molar-refractivity contribution < 1.29 is 4.79 Å². The normalized spacial score (nSPS) is 16.2. The minimum atomic E-state index is -0.188. The fourth-order valence-corrected chi connectivity index (χ4v) is 3.51. The summed E-state index contributed by atoms with van der Waals surface area (Å²) in [5.41, 5.74) is 0. The number of nitrogens with zero attached hydrogens (tertiary/aromatic N) is 2. The van der Waals surface area contributed by atoms with Gasteiger partial charge in [0, 0.05) is 11.9 Å². The molecule has 1 N–H and O–H groups in total. The van der Waals surface area contributed by atoms with Gasteiger partial charge in [0.25, 0.3) is 0 Å². The van der Waals surface area contributed by atoms with Crippen LogP contribution in [0.1, 0.15) is 6.92 Å². The maximum atomic E-state index is 11.9. The molecule has 0 fully saturated rings. The molecule has 0 saturated heterocycles. The molecular formula is C11H12ClN3OS2. The summed E-state index contributed by atoms with van der Waals surface area (Å²) in [6, 6.07) is 3.37. The van der Waals surface area contributed by atoms with E-state index >= 15 is 0 Å². The standard InChI is InChI=1S/C11H12ClN3OS2/c1-7(18-11-13-4-5-17-11)10(16)15-9-3-2-8(12)6-14-9/h2-3,6-7H,4-5H2,1H3,(H,14,15,16)/t7-/m1/s1. The number of anilines is 1. The zero-order valence-corrected chi connectivity index (χ0v) is 12.1. The number of thioether (sulfide) groups is 2. The summed E-state index contributed by atoms with van der Waals surface area (Å²) in [5, 5.41) is 3.11. The second-order valence-electron chi connectivity index (χ2n) is 3.61. The van der Waals surface area contributed by atoms with Crippen molar-refractivity contribution in [2.45, 2.75) is 12.2 Å². The number of aliphatic imine (C=N–C) groups is 1. The first kappa shape index (κ1) is 13.7. The maximum Gasteiger partial charge on any atom is 0.238 e. The van der Waals surface area contributed by atoms with Crippen LogP contribution in [0.25, 0.3) is 0 Å². The van der Waals surface area contributed by atoms with Gasteiger partial charge in [-0.15, -0.1) is 0 Å². The van der Waals surface area contributed by atoms with Crippen LogP contribution in [-0.4, -0.2) is 32.8 Å². The number of halogens is 1. The molecule has 0 aromatic carbocycles. The molecule has 0 spiro atoms. The van der Waals surface area contributed by atoms with Crippen LogP contribution >= 0.6 is 35.1 Å². The average molecular weight is 302 g/mol. The molecule has 18 heavy (non-hydrogen) atoms. The number of pyridine rings is 1. The Hall–Kier alpha value is -0.720. The second-order valence-corrected chi connectivity index (χ2v) is 6.72. The van der Waals surface area contributed by atoms with Gasteiger partial charge in [-0.1, -0.05) is 35.1 Å². The number of hydrogen-bond acceptors (Lipinski definition) is 5. The van der Waals surface area contributed by atoms with Gasteiger partial charge < -0.3 is 5.32 Å². The Kier molecular flexibility index (Phi) is 4.91. The predicted molar refractivity (Wildman–Crippen MR) is 79.7 cm³/mol. The largest absolute Gasteiger partial charge is 0.310 e. The molecule has 4 nitrogen and oxygen atoms in total. The minimum Gasteiger partial charge on any atom is -0.310 e. The lowest BCUT2D eigenvalue weighted by molar-refractivity contribution is -0.115. The smallest absolute Gasteiger partial charge is 0.238 e. The van der Waals surface area contributed by atoms with E-state index in [1.807, 2.05) is 6.92 Å². The van der Waals surface area contributed by atoms with Crippen LogP contribution in [0.4, 0.5) is 5.82 Å². The predicted octanol–water partition coefficient (Wildman–Crippen LogP) is 2.90. The molecule has 1 aliphatic rings. The van der Waals surface area contributed by atoms with E-state index in [2.05, 4.69) is 15.3 Å². The van der Waals surface area contributed by atoms with Gasteiger partial charge in [0.15, 0.2) is 0 Å². The second kappa shape index (κ2) is 6.45. The van der Waals surface area contributed by atoms with Gasteiger partial charge in [0.1, 0.15) is 10.2 Å². The van der Waals surface area contributed by atoms with Crippen LogP contribution in [0.5, 0.6) is 0 Å². The van der Waals surface area contributed by atoms with Crippen molar-refractivity contribution in [3.05, 3.63) is 23.4 Å². The Labute approximate surface area is 119 Å². The van der Waals surface area contributed by atoms with Crippen molar-refractivity contribution in [2.75, 3.05) is 17.6 Å². The van der Waals surface area contributed by atoms with Crippen molar-refractivity contribution >= 4 is 51.2 Å². The van der Waals surface area contributed by atoms with Crippen LogP contribution in [0.2, 0.25) is 5.02 Å². The third-order valence-corrected chi connectivity index (χ3v) is 4.71. The van der Waals surface area contributed by atoms with Crippen LogP contribution in [-0.2, 0) is 4.79 Å². The Bertz CT molecular complexity index is 464. The van der Waals surface area contributed by atoms with Crippen molar-refractivity contribution in [3.8, 4) is 0 Å². The van der Waals surface area contributed by atoms with E-state index in [9.17, 15) is 4.79 Å². The highest BCUT2D eigenvalue weighted by Gasteiger charge is 2.19. The van der Waals surface area contributed by atoms with Crippen molar-refractivity contribution in [3.63, 3.8) is 0 Å². The van der Waals surface area contributed by atoms with Gasteiger partial charge >= 0.3 is 0 Å². The van der Waals surface area contributed by atoms with Crippen LogP contribution in [0, 0.1) is 0 Å². The van der Waals surface area contributed by atoms with E-state index in [-0.39, 0.29) is 11.2 Å². The van der Waals surface area contributed by atoms with Crippen LogP contribution in [0.3, 0.4) is 0 Å². The van der Waals surface area contributed by atoms with E-state index < -0.39 is 0 Å². The lowest BCUT2D eigenvalue weighted by Gasteiger charge is -2.10. The summed E-state index contributed by atoms with van der Waals surface area (Å²) in [4.78, 5) is 20.2. The molecule has 0 saturated carbocycles. The van der Waals surface area contributed by atoms with E-state index in [4.69, 9.17) is 11.6 Å². The average Bonchev–Trinajstić information content (AvgIpc) is 2.85. The van der Waals surface area contributed by atoms with Crippen molar-refractivity contribution in [2.24, 2.45) is 4.99 Å². The van der Waals surface area contributed by atoms with E-state index in [0.29, 0.717) is 10.8 Å². The van der Waals surface area contributed by atoms with Gasteiger partial charge in [-0.25, -0.2) is 4.98 Å². The third kappa shape index (κ3) is 3.90. The molecule has 1 atom stereocenters. The summed E-state index contributed by atoms with van der Waals surface area (Å²) in [6.07, 6.45) is 1.51. The first-order chi connectivity index (χ1) is 8.65. The quantitative estimate of drug-likeness (QED) is 0.932. The first-order valence-electron chi connectivity index (χ1n) is 5.41. The monoisotopic (exact) mass is 301 g/mol. The van der Waals surface area contributed by atoms with Gasteiger partial charge in [-0.2, -0.15) is 0 Å². The molecule has 0 radical (unpaired) electrons. The van der Waals surface area contributed by atoms with Crippen molar-refractivity contribution in [1.82, 2.24) is 4.98 Å². The fourth-order valence-electron chi connectivity index (χ4n) is 1.27. The molecule has 2 rings (SSSR count). The Balaban J connectivity index is 1.88. The molecule has 0 bridgehead atoms. The lowest BCUT2D eigenvalue weighted by Crippen LogP contribution is -2.23. The molecule has 1 aromatic heterocycles. The van der Waals surface area contributed by atoms with Gasteiger partial charge in [0.2, 0.25) is 5.91 Å². The molecule has 1 amide bonds. The van der Waals surface area contributed by atoms with E-state index in [1.165, 1.54) is 18.0 Å². The fraction of sp³-hybridized carbons (Fsp3) is 0.364. The number of carbonyl (C=O) groups excluding carboxylic acids is 1. The first-order valence-corrected chi connectivity index (χ1v) is 7.66. The number of hydrogen-bond donors (Lipinski definition) is 1. The highest BCUT2D eigenvalue weighted by Crippen LogP contribution is 2.26. The highest BCUT2D eigenvalue weighted by molar-refractivity contribution is 8.39. The van der Waals surface area contributed by atoms with Crippen molar-refractivity contribution in [1.29, 1.82) is 0 Å². The van der Waals surface area contributed by atoms with Gasteiger partial charge in [-0.05, 0) is 19.1 Å². The Morgan fingerprint density at radius 1 is 1.61 bits per heavy atom. The van der Waals surface area contributed by atoms with Gasteiger partial charge in [-0.3, -0.25) is 9.79 Å². The minimum absolute atomic E-state index is 0.0787. The highest BCUT2D eigenvalue weighted by atomic mass is 35.5. The number of amides is 1. The van der Waals surface area contributed by atoms with Crippen LogP contribution in [0.15, 0.2) is 23.3 Å². The third-order valence-electron chi connectivity index (χ3n) is 2.18. The topological polar surface area (TPSA) is 54.4 Å². The number of aromatic nitrogens is 1. The molecular weight excluding hydrogens is 290 g/mol. The van der Waals surface area contributed by atoms with E-state index in [1.54, 1.807) is 23.9 Å².